The minimum Gasteiger partial charge on any atom is -0.492 e. The van der Waals surface area contributed by atoms with Crippen molar-refractivity contribution in [1.82, 2.24) is 4.90 Å². The van der Waals surface area contributed by atoms with E-state index in [9.17, 15) is 4.79 Å². The standard InChI is InChI=1S/C15H22BrNO2/c1-3-10-17(11-4-2)15(18)13-7-5-6-8-14(13)19-12-9-16/h5-8H,3-4,9-12H2,1-2H3. The molecule has 0 N–H and O–H groups in total. The number of carbonyl (C=O) groups excluding carboxylic acids is 1. The Bertz CT molecular complexity index is 389. The molecule has 0 spiro atoms. The van der Waals surface area contributed by atoms with Gasteiger partial charge < -0.3 is 9.64 Å². The highest BCUT2D eigenvalue weighted by atomic mass is 79.9. The van der Waals surface area contributed by atoms with E-state index in [1.165, 1.54) is 0 Å². The topological polar surface area (TPSA) is 29.5 Å². The van der Waals surface area contributed by atoms with E-state index in [-0.39, 0.29) is 5.91 Å². The van der Waals surface area contributed by atoms with Crippen LogP contribution in [0.15, 0.2) is 24.3 Å². The number of benzene rings is 1. The monoisotopic (exact) mass is 327 g/mol. The normalized spacial score (nSPS) is 10.3. The molecule has 4 heteroatoms. The minimum atomic E-state index is 0.0638. The van der Waals surface area contributed by atoms with Gasteiger partial charge in [0.05, 0.1) is 12.2 Å². The predicted octanol–water partition coefficient (Wildman–Crippen LogP) is 3.72. The van der Waals surface area contributed by atoms with Crippen LogP contribution in [-0.4, -0.2) is 35.8 Å². The molecule has 0 aromatic heterocycles. The molecule has 0 saturated heterocycles. The second kappa shape index (κ2) is 8.97. The largest absolute Gasteiger partial charge is 0.492 e. The summed E-state index contributed by atoms with van der Waals surface area (Å²) in [5.41, 5.74) is 0.658. The first-order chi connectivity index (χ1) is 9.24. The second-order valence-corrected chi connectivity index (χ2v) is 5.12. The van der Waals surface area contributed by atoms with E-state index in [2.05, 4.69) is 29.8 Å². The van der Waals surface area contributed by atoms with Crippen molar-refractivity contribution in [2.45, 2.75) is 26.7 Å². The molecule has 0 aliphatic rings. The molecule has 106 valence electrons. The molecule has 0 saturated carbocycles. The molecule has 0 radical (unpaired) electrons. The maximum atomic E-state index is 12.5. The van der Waals surface area contributed by atoms with Crippen molar-refractivity contribution < 1.29 is 9.53 Å². The minimum absolute atomic E-state index is 0.0638. The first-order valence-electron chi connectivity index (χ1n) is 6.81. The Morgan fingerprint density at radius 2 is 1.84 bits per heavy atom. The zero-order valence-electron chi connectivity index (χ0n) is 11.7. The number of hydrogen-bond acceptors (Lipinski definition) is 2. The van der Waals surface area contributed by atoms with Crippen LogP contribution in [0.4, 0.5) is 0 Å². The lowest BCUT2D eigenvalue weighted by Gasteiger charge is -2.22. The molecule has 19 heavy (non-hydrogen) atoms. The summed E-state index contributed by atoms with van der Waals surface area (Å²) < 4.78 is 5.62. The molecule has 1 aromatic carbocycles. The fraction of sp³-hybridized carbons (Fsp3) is 0.533. The highest BCUT2D eigenvalue weighted by molar-refractivity contribution is 9.09. The van der Waals surface area contributed by atoms with E-state index < -0.39 is 0 Å². The first-order valence-corrected chi connectivity index (χ1v) is 7.93. The van der Waals surface area contributed by atoms with Gasteiger partial charge in [0.2, 0.25) is 0 Å². The first kappa shape index (κ1) is 16.0. The van der Waals surface area contributed by atoms with E-state index >= 15 is 0 Å². The molecular formula is C15H22BrNO2. The number of rotatable bonds is 8. The Hall–Kier alpha value is -1.03. The Balaban J connectivity index is 2.89. The van der Waals surface area contributed by atoms with E-state index in [1.807, 2.05) is 29.2 Å². The lowest BCUT2D eigenvalue weighted by Crippen LogP contribution is -2.32. The lowest BCUT2D eigenvalue weighted by molar-refractivity contribution is 0.0751. The van der Waals surface area contributed by atoms with Crippen molar-refractivity contribution in [2.24, 2.45) is 0 Å². The maximum Gasteiger partial charge on any atom is 0.257 e. The van der Waals surface area contributed by atoms with Gasteiger partial charge >= 0.3 is 0 Å². The van der Waals surface area contributed by atoms with E-state index in [0.29, 0.717) is 17.9 Å². The molecule has 0 atom stereocenters. The van der Waals surface area contributed by atoms with Crippen LogP contribution in [0.5, 0.6) is 5.75 Å². The summed E-state index contributed by atoms with van der Waals surface area (Å²) in [5.74, 6) is 0.734. The number of hydrogen-bond donors (Lipinski definition) is 0. The van der Waals surface area contributed by atoms with Crippen LogP contribution in [0.25, 0.3) is 0 Å². The van der Waals surface area contributed by atoms with Crippen LogP contribution in [0.3, 0.4) is 0 Å². The van der Waals surface area contributed by atoms with Crippen LogP contribution in [-0.2, 0) is 0 Å². The van der Waals surface area contributed by atoms with E-state index in [0.717, 1.165) is 31.3 Å². The Morgan fingerprint density at radius 1 is 1.21 bits per heavy atom. The van der Waals surface area contributed by atoms with Crippen molar-refractivity contribution in [2.75, 3.05) is 25.0 Å². The van der Waals surface area contributed by atoms with Gasteiger partial charge in [-0.15, -0.1) is 0 Å². The molecule has 0 aliphatic heterocycles. The molecule has 0 fully saturated rings. The van der Waals surface area contributed by atoms with Crippen molar-refractivity contribution >= 4 is 21.8 Å². The number of halogens is 1. The van der Waals surface area contributed by atoms with Gasteiger partial charge in [-0.2, -0.15) is 0 Å². The third-order valence-electron chi connectivity index (χ3n) is 2.73. The Kier molecular flexibility index (Phi) is 7.56. The molecule has 0 unspecified atom stereocenters. The van der Waals surface area contributed by atoms with Gasteiger partial charge in [-0.1, -0.05) is 41.9 Å². The van der Waals surface area contributed by atoms with Crippen molar-refractivity contribution in [1.29, 1.82) is 0 Å². The molecule has 1 rings (SSSR count). The second-order valence-electron chi connectivity index (χ2n) is 4.33. The number of para-hydroxylation sites is 1. The van der Waals surface area contributed by atoms with Crippen LogP contribution in [0.1, 0.15) is 37.0 Å². The van der Waals surface area contributed by atoms with Gasteiger partial charge in [0.1, 0.15) is 5.75 Å². The summed E-state index contributed by atoms with van der Waals surface area (Å²) in [6.07, 6.45) is 1.94. The van der Waals surface area contributed by atoms with Crippen molar-refractivity contribution in [3.8, 4) is 5.75 Å². The summed E-state index contributed by atoms with van der Waals surface area (Å²) in [6, 6.07) is 7.46. The average molecular weight is 328 g/mol. The van der Waals surface area contributed by atoms with Crippen LogP contribution < -0.4 is 4.74 Å². The summed E-state index contributed by atoms with van der Waals surface area (Å²) in [6.45, 7) is 6.32. The van der Waals surface area contributed by atoms with Crippen LogP contribution in [0.2, 0.25) is 0 Å². The molecular weight excluding hydrogens is 306 g/mol. The molecule has 0 heterocycles. The fourth-order valence-electron chi connectivity index (χ4n) is 1.94. The number of alkyl halides is 1. The summed E-state index contributed by atoms with van der Waals surface area (Å²) in [7, 11) is 0. The SMILES string of the molecule is CCCN(CCC)C(=O)c1ccccc1OCCBr. The third kappa shape index (κ3) is 4.86. The lowest BCUT2D eigenvalue weighted by atomic mass is 10.1. The zero-order valence-corrected chi connectivity index (χ0v) is 13.3. The molecule has 0 aliphatic carbocycles. The molecule has 3 nitrogen and oxygen atoms in total. The van der Waals surface area contributed by atoms with E-state index in [1.54, 1.807) is 0 Å². The Labute approximate surface area is 124 Å². The number of carbonyl (C=O) groups is 1. The van der Waals surface area contributed by atoms with Gasteiger partial charge in [-0.25, -0.2) is 0 Å². The average Bonchev–Trinajstić information content (AvgIpc) is 2.44. The van der Waals surface area contributed by atoms with Crippen LogP contribution >= 0.6 is 15.9 Å². The smallest absolute Gasteiger partial charge is 0.257 e. The van der Waals surface area contributed by atoms with Crippen molar-refractivity contribution in [3.05, 3.63) is 29.8 Å². The van der Waals surface area contributed by atoms with Gasteiger partial charge in [-0.3, -0.25) is 4.79 Å². The molecule has 1 aromatic rings. The molecule has 1 amide bonds. The van der Waals surface area contributed by atoms with Crippen molar-refractivity contribution in [3.63, 3.8) is 0 Å². The predicted molar refractivity (Wildman–Crippen MR) is 82.2 cm³/mol. The number of ether oxygens (including phenoxy) is 1. The van der Waals surface area contributed by atoms with Gasteiger partial charge in [0.15, 0.2) is 0 Å². The van der Waals surface area contributed by atoms with Gasteiger partial charge in [0, 0.05) is 18.4 Å². The third-order valence-corrected chi connectivity index (χ3v) is 3.05. The summed E-state index contributed by atoms with van der Waals surface area (Å²) >= 11 is 3.33. The van der Waals surface area contributed by atoms with Gasteiger partial charge in [-0.05, 0) is 25.0 Å². The number of nitrogens with zero attached hydrogens (tertiary/aromatic N) is 1. The van der Waals surface area contributed by atoms with E-state index in [4.69, 9.17) is 4.74 Å². The summed E-state index contributed by atoms with van der Waals surface area (Å²) in [4.78, 5) is 14.4. The molecule has 0 bridgehead atoms. The maximum absolute atomic E-state index is 12.5. The van der Waals surface area contributed by atoms with Crippen LogP contribution in [0, 0.1) is 0 Å². The quantitative estimate of drug-likeness (QED) is 0.681. The number of amides is 1. The summed E-state index contributed by atoms with van der Waals surface area (Å²) in [5, 5.41) is 0.753. The fourth-order valence-corrected chi connectivity index (χ4v) is 2.10. The zero-order chi connectivity index (χ0) is 14.1. The highest BCUT2D eigenvalue weighted by Gasteiger charge is 2.18. The Morgan fingerprint density at radius 3 is 2.42 bits per heavy atom. The highest BCUT2D eigenvalue weighted by Crippen LogP contribution is 2.20. The van der Waals surface area contributed by atoms with Gasteiger partial charge in [0.25, 0.3) is 5.91 Å².